The van der Waals surface area contributed by atoms with Gasteiger partial charge in [-0.3, -0.25) is 14.5 Å². The van der Waals surface area contributed by atoms with E-state index in [2.05, 4.69) is 27.8 Å². The van der Waals surface area contributed by atoms with Crippen molar-refractivity contribution >= 4 is 29.7 Å². The summed E-state index contributed by atoms with van der Waals surface area (Å²) < 4.78 is 20.4. The molecule has 6 aromatic rings. The molecule has 2 N–H and O–H groups in total. The van der Waals surface area contributed by atoms with Crippen LogP contribution in [0.15, 0.2) is 139 Å². The summed E-state index contributed by atoms with van der Waals surface area (Å²) in [6, 6.07) is 41.2. The van der Waals surface area contributed by atoms with Crippen LogP contribution in [-0.4, -0.2) is 66.0 Å². The first-order valence-corrected chi connectivity index (χ1v) is 20.3. The number of aliphatic hydroxyl groups is 1. The maximum absolute atomic E-state index is 13.4. The number of hydrogen-bond donors (Lipinski definition) is 2. The number of para-hydroxylation sites is 1. The molecule has 0 aliphatic carbocycles. The van der Waals surface area contributed by atoms with E-state index in [0.29, 0.717) is 10.9 Å². The van der Waals surface area contributed by atoms with Crippen LogP contribution in [0, 0.1) is 5.92 Å². The number of likely N-dealkylation sites (tertiary alicyclic amines) is 1. The van der Waals surface area contributed by atoms with Gasteiger partial charge in [0.05, 0.1) is 37.5 Å². The maximum Gasteiger partial charge on any atom is 0.408 e. The quantitative estimate of drug-likeness (QED) is 0.0918. The lowest BCUT2D eigenvalue weighted by Gasteiger charge is -2.41. The number of imide groups is 1. The van der Waals surface area contributed by atoms with Crippen LogP contribution in [0.2, 0.25) is 0 Å². The van der Waals surface area contributed by atoms with E-state index in [1.165, 1.54) is 16.7 Å². The highest BCUT2D eigenvalue weighted by molar-refractivity contribution is 7.99. The van der Waals surface area contributed by atoms with Gasteiger partial charge in [0.25, 0.3) is 5.91 Å². The molecule has 2 aliphatic heterocycles. The molecule has 5 aromatic carbocycles. The summed E-state index contributed by atoms with van der Waals surface area (Å²) in [5.41, 5.74) is 6.78. The van der Waals surface area contributed by atoms with E-state index in [0.717, 1.165) is 44.6 Å². The number of benzene rings is 5. The molecule has 3 heterocycles. The van der Waals surface area contributed by atoms with Crippen molar-refractivity contribution in [3.8, 4) is 16.8 Å². The third-order valence-corrected chi connectivity index (χ3v) is 11.5. The second kappa shape index (κ2) is 18.2. The summed E-state index contributed by atoms with van der Waals surface area (Å²) in [5, 5.41) is 25.3. The number of rotatable bonds is 13. The van der Waals surface area contributed by atoms with Gasteiger partial charge >= 0.3 is 6.09 Å². The van der Waals surface area contributed by atoms with Gasteiger partial charge in [-0.05, 0) is 55.9 Å². The molecule has 1 aromatic heterocycles. The van der Waals surface area contributed by atoms with E-state index >= 15 is 0 Å². The molecule has 2 aliphatic rings. The summed E-state index contributed by atoms with van der Waals surface area (Å²) in [7, 11) is 0. The predicted molar refractivity (Wildman–Crippen MR) is 218 cm³/mol. The van der Waals surface area contributed by atoms with Crippen molar-refractivity contribution in [2.45, 2.75) is 62.8 Å². The molecule has 3 amide bonds. The van der Waals surface area contributed by atoms with E-state index in [1.54, 1.807) is 4.68 Å². The average molecular weight is 811 g/mol. The summed E-state index contributed by atoms with van der Waals surface area (Å²) in [4.78, 5) is 40.2. The molecule has 300 valence electrons. The molecule has 13 nitrogen and oxygen atoms in total. The third kappa shape index (κ3) is 9.11. The van der Waals surface area contributed by atoms with Crippen LogP contribution in [0.5, 0.6) is 0 Å². The Kier molecular flexibility index (Phi) is 12.2. The predicted octanol–water partition coefficient (Wildman–Crippen LogP) is 6.96. The van der Waals surface area contributed by atoms with Crippen molar-refractivity contribution in [1.29, 1.82) is 0 Å². The zero-order valence-electron chi connectivity index (χ0n) is 32.2. The fourth-order valence-electron chi connectivity index (χ4n) is 7.27. The second-order valence-corrected chi connectivity index (χ2v) is 15.4. The molecule has 1 unspecified atom stereocenters. The lowest BCUT2D eigenvalue weighted by atomic mass is 9.91. The Morgan fingerprint density at radius 2 is 1.54 bits per heavy atom. The van der Waals surface area contributed by atoms with Crippen molar-refractivity contribution in [3.63, 3.8) is 0 Å². The molecular formula is C45H42N6O7S. The average Bonchev–Trinajstić information content (AvgIpc) is 3.86. The van der Waals surface area contributed by atoms with Crippen molar-refractivity contribution in [1.82, 2.24) is 30.4 Å². The number of aromatic nitrogens is 4. The SMILES string of the molecule is C[C@@H]1[C@H](CSc2nnnn2-c2ccccc2)O[C@H](c2ccc(-c3ccccc3CN3C(=O)CC(NC(=O)OCc4ccccc4)C3=O)cc2)O[C@@H]1c1ccc(CO)cc1. The lowest BCUT2D eigenvalue weighted by Crippen LogP contribution is -2.41. The van der Waals surface area contributed by atoms with Crippen LogP contribution in [-0.2, 0) is 43.6 Å². The number of nitrogens with one attached hydrogen (secondary N) is 1. The number of thioether (sulfide) groups is 1. The van der Waals surface area contributed by atoms with Gasteiger partial charge in [-0.15, -0.1) is 5.10 Å². The van der Waals surface area contributed by atoms with Gasteiger partial charge in [-0.25, -0.2) is 4.79 Å². The molecule has 0 radical (unpaired) electrons. The summed E-state index contributed by atoms with van der Waals surface area (Å²) in [5.74, 6) is -0.345. The Labute approximate surface area is 345 Å². The number of alkyl carbamates (subject to hydrolysis) is 1. The van der Waals surface area contributed by atoms with Crippen LogP contribution >= 0.6 is 11.8 Å². The van der Waals surface area contributed by atoms with Crippen molar-refractivity contribution < 1.29 is 33.7 Å². The molecule has 2 fully saturated rings. The Bertz CT molecular complexity index is 2380. The number of nitrogens with zero attached hydrogens (tertiary/aromatic N) is 5. The van der Waals surface area contributed by atoms with Crippen LogP contribution in [0.4, 0.5) is 4.79 Å². The normalized spacial score (nSPS) is 20.4. The fourth-order valence-corrected chi connectivity index (χ4v) is 8.32. The first-order valence-electron chi connectivity index (χ1n) is 19.3. The van der Waals surface area contributed by atoms with Gasteiger partial charge in [0.1, 0.15) is 12.6 Å². The number of ether oxygens (including phenoxy) is 3. The molecule has 8 rings (SSSR count). The van der Waals surface area contributed by atoms with Gasteiger partial charge < -0.3 is 24.6 Å². The Morgan fingerprint density at radius 1 is 0.847 bits per heavy atom. The number of hydrogen-bond acceptors (Lipinski definition) is 11. The van der Waals surface area contributed by atoms with Crippen LogP contribution < -0.4 is 5.32 Å². The van der Waals surface area contributed by atoms with E-state index in [1.807, 2.05) is 133 Å². The lowest BCUT2D eigenvalue weighted by molar-refractivity contribution is -0.268. The van der Waals surface area contributed by atoms with E-state index in [-0.39, 0.29) is 50.2 Å². The summed E-state index contributed by atoms with van der Waals surface area (Å²) >= 11 is 1.51. The van der Waals surface area contributed by atoms with Gasteiger partial charge in [0.15, 0.2) is 6.29 Å². The number of carbonyl (C=O) groups excluding carboxylic acids is 3. The van der Waals surface area contributed by atoms with Crippen LogP contribution in [0.1, 0.15) is 53.6 Å². The minimum Gasteiger partial charge on any atom is -0.445 e. The van der Waals surface area contributed by atoms with Gasteiger partial charge in [0.2, 0.25) is 11.1 Å². The standard InChI is InChI=1S/C45H42N6O7S/c1-29-39(28-59-44-47-48-49-51(44)36-13-6-3-7-14-36)57-43(58-41(29)33-18-16-30(26-52)17-19-33)34-22-20-32(21-23-34)37-15-9-8-12-35(37)25-50-40(53)24-38(42(50)54)46-45(55)56-27-31-10-4-2-5-11-31/h2-23,29,38-39,41,43,52H,24-28H2,1H3,(H,46,55)/t29-,38?,39+,41+,43+/m1/s1. The van der Waals surface area contributed by atoms with Crippen molar-refractivity contribution in [2.75, 3.05) is 5.75 Å². The highest BCUT2D eigenvalue weighted by Crippen LogP contribution is 2.43. The molecule has 14 heteroatoms. The molecule has 0 spiro atoms. The summed E-state index contributed by atoms with van der Waals surface area (Å²) in [6.45, 7) is 2.15. The molecule has 59 heavy (non-hydrogen) atoms. The highest BCUT2D eigenvalue weighted by Gasteiger charge is 2.41. The van der Waals surface area contributed by atoms with Gasteiger partial charge in [0, 0.05) is 17.2 Å². The number of amides is 3. The van der Waals surface area contributed by atoms with Gasteiger partial charge in [-0.2, -0.15) is 4.68 Å². The third-order valence-electron chi connectivity index (χ3n) is 10.5. The monoisotopic (exact) mass is 810 g/mol. The smallest absolute Gasteiger partial charge is 0.408 e. The zero-order valence-corrected chi connectivity index (χ0v) is 33.0. The molecule has 5 atom stereocenters. The van der Waals surface area contributed by atoms with Crippen LogP contribution in [0.3, 0.4) is 0 Å². The number of carbonyl (C=O) groups is 3. The van der Waals surface area contributed by atoms with Crippen molar-refractivity contribution in [2.24, 2.45) is 5.92 Å². The Balaban J connectivity index is 0.970. The maximum atomic E-state index is 13.4. The number of tetrazole rings is 1. The molecule has 0 bridgehead atoms. The van der Waals surface area contributed by atoms with E-state index in [4.69, 9.17) is 14.2 Å². The van der Waals surface area contributed by atoms with E-state index < -0.39 is 24.3 Å². The highest BCUT2D eigenvalue weighted by atomic mass is 32.2. The van der Waals surface area contributed by atoms with Crippen LogP contribution in [0.25, 0.3) is 16.8 Å². The number of aliphatic hydroxyl groups excluding tert-OH is 1. The minimum absolute atomic E-state index is 0.0447. The minimum atomic E-state index is -1.01. The van der Waals surface area contributed by atoms with E-state index in [9.17, 15) is 19.5 Å². The molecule has 2 saturated heterocycles. The van der Waals surface area contributed by atoms with Crippen molar-refractivity contribution in [3.05, 3.63) is 161 Å². The first kappa shape index (κ1) is 39.6. The Morgan fingerprint density at radius 3 is 2.29 bits per heavy atom. The summed E-state index contributed by atoms with van der Waals surface area (Å²) in [6.07, 6.45) is -2.16. The Hall–Kier alpha value is -6.19. The van der Waals surface area contributed by atoms with Gasteiger partial charge in [-0.1, -0.05) is 140 Å². The largest absolute Gasteiger partial charge is 0.445 e. The molecule has 0 saturated carbocycles. The molecular weight excluding hydrogens is 769 g/mol. The fraction of sp³-hybridized carbons (Fsp3) is 0.244. The second-order valence-electron chi connectivity index (χ2n) is 14.4. The zero-order chi connectivity index (χ0) is 40.7. The topological polar surface area (TPSA) is 158 Å². The first-order chi connectivity index (χ1) is 28.8.